The number of ether oxygens (including phenoxy) is 1. The smallest absolute Gasteiger partial charge is 0.222 e. The number of pyridine rings is 1. The Morgan fingerprint density at radius 3 is 2.69 bits per heavy atom. The molecule has 0 aromatic carbocycles. The van der Waals surface area contributed by atoms with E-state index < -0.39 is 0 Å². The molecule has 8 heteroatoms. The Kier molecular flexibility index (Phi) is 4.13. The number of rotatable bonds is 6. The number of carbonyl (C=O) groups excluding carboxylic acids is 1. The zero-order valence-electron chi connectivity index (χ0n) is 16.6. The molecule has 0 radical (unpaired) electrons. The number of aryl methyl sites for hydroxylation is 1. The highest BCUT2D eigenvalue weighted by atomic mass is 16.5. The largest absolute Gasteiger partial charge is 0.377 e. The van der Waals surface area contributed by atoms with Crippen molar-refractivity contribution < 1.29 is 9.53 Å². The lowest BCUT2D eigenvalue weighted by atomic mass is 9.69. The summed E-state index contributed by atoms with van der Waals surface area (Å²) in [5.74, 6) is 2.05. The lowest BCUT2D eigenvalue weighted by Crippen LogP contribution is -2.39. The van der Waals surface area contributed by atoms with Gasteiger partial charge in [-0.2, -0.15) is 0 Å². The molecule has 6 rings (SSSR count). The fourth-order valence-corrected chi connectivity index (χ4v) is 4.19. The van der Waals surface area contributed by atoms with E-state index in [0.29, 0.717) is 30.1 Å². The minimum absolute atomic E-state index is 0.0593. The van der Waals surface area contributed by atoms with Gasteiger partial charge in [0.1, 0.15) is 17.5 Å². The number of carbonyl (C=O) groups is 1. The summed E-state index contributed by atoms with van der Waals surface area (Å²) in [5.41, 5.74) is 2.86. The van der Waals surface area contributed by atoms with Crippen LogP contribution in [0.5, 0.6) is 0 Å². The standard InChI is InChI=1S/C21H24N6O2/c1-11-5-18(27-20(24-11)21-7-14(8-21)29-10-21)26-16-6-17(25-12(2)28)23-9-15(16)19(22)13-3-4-13/h5-6,9,13-14,22H,3-4,7-8,10H2,1-2H3,(H2,23,24,25,26,27,28). The van der Waals surface area contributed by atoms with Gasteiger partial charge in [0.05, 0.1) is 23.8 Å². The van der Waals surface area contributed by atoms with Crippen molar-refractivity contribution >= 4 is 28.9 Å². The first-order valence-electron chi connectivity index (χ1n) is 10.0. The molecule has 4 heterocycles. The van der Waals surface area contributed by atoms with Gasteiger partial charge in [0.25, 0.3) is 0 Å². The van der Waals surface area contributed by atoms with E-state index in [4.69, 9.17) is 15.1 Å². The Morgan fingerprint density at radius 1 is 1.24 bits per heavy atom. The second-order valence-corrected chi connectivity index (χ2v) is 8.45. The number of fused-ring (bicyclic) bond motifs is 1. The monoisotopic (exact) mass is 392 g/mol. The van der Waals surface area contributed by atoms with E-state index in [1.807, 2.05) is 13.0 Å². The zero-order valence-corrected chi connectivity index (χ0v) is 16.6. The average molecular weight is 392 g/mol. The van der Waals surface area contributed by atoms with Crippen molar-refractivity contribution in [2.24, 2.45) is 5.92 Å². The van der Waals surface area contributed by atoms with Gasteiger partial charge >= 0.3 is 0 Å². The van der Waals surface area contributed by atoms with Crippen LogP contribution in [0.3, 0.4) is 0 Å². The van der Waals surface area contributed by atoms with E-state index in [9.17, 15) is 4.79 Å². The average Bonchev–Trinajstić information content (AvgIpc) is 3.27. The van der Waals surface area contributed by atoms with Crippen LogP contribution in [0.2, 0.25) is 0 Å². The second kappa shape index (κ2) is 6.59. The van der Waals surface area contributed by atoms with Crippen molar-refractivity contribution in [3.05, 3.63) is 35.4 Å². The van der Waals surface area contributed by atoms with Crippen molar-refractivity contribution in [2.45, 2.75) is 51.0 Å². The van der Waals surface area contributed by atoms with Crippen LogP contribution in [-0.4, -0.2) is 39.3 Å². The summed E-state index contributed by atoms with van der Waals surface area (Å²) < 4.78 is 5.74. The van der Waals surface area contributed by atoms with E-state index in [0.717, 1.165) is 48.5 Å². The highest BCUT2D eigenvalue weighted by Crippen LogP contribution is 2.50. The number of aromatic nitrogens is 3. The molecule has 0 unspecified atom stereocenters. The Morgan fingerprint density at radius 2 is 2.03 bits per heavy atom. The van der Waals surface area contributed by atoms with Gasteiger partial charge in [0.15, 0.2) is 0 Å². The summed E-state index contributed by atoms with van der Waals surface area (Å²) >= 11 is 0. The van der Waals surface area contributed by atoms with Crippen LogP contribution in [0.4, 0.5) is 17.3 Å². The summed E-state index contributed by atoms with van der Waals surface area (Å²) in [5, 5.41) is 14.6. The SMILES string of the molecule is CC(=O)Nc1cc(Nc2cc(C)nc(C34COC(C3)C4)n2)c(C(=N)C2CC2)cn1. The predicted octanol–water partition coefficient (Wildman–Crippen LogP) is 3.09. The lowest BCUT2D eigenvalue weighted by molar-refractivity contribution is -0.114. The molecular formula is C21H24N6O2. The molecule has 2 bridgehead atoms. The third-order valence-corrected chi connectivity index (χ3v) is 5.91. The maximum atomic E-state index is 11.4. The first-order chi connectivity index (χ1) is 13.9. The van der Waals surface area contributed by atoms with Crippen LogP contribution in [-0.2, 0) is 14.9 Å². The molecule has 0 atom stereocenters. The van der Waals surface area contributed by atoms with Gasteiger partial charge in [-0.05, 0) is 32.6 Å². The highest BCUT2D eigenvalue weighted by Gasteiger charge is 2.55. The Balaban J connectivity index is 1.49. The van der Waals surface area contributed by atoms with Crippen LogP contribution < -0.4 is 10.6 Å². The van der Waals surface area contributed by atoms with Crippen molar-refractivity contribution in [1.82, 2.24) is 15.0 Å². The van der Waals surface area contributed by atoms with Gasteiger partial charge < -0.3 is 20.8 Å². The maximum absolute atomic E-state index is 11.4. The first-order valence-corrected chi connectivity index (χ1v) is 10.0. The normalized spacial score (nSPS) is 24.7. The number of nitrogens with one attached hydrogen (secondary N) is 3. The molecule has 8 nitrogen and oxygen atoms in total. The topological polar surface area (TPSA) is 113 Å². The molecule has 0 spiro atoms. The minimum atomic E-state index is -0.187. The summed E-state index contributed by atoms with van der Waals surface area (Å²) in [7, 11) is 0. The predicted molar refractivity (Wildman–Crippen MR) is 109 cm³/mol. The molecular weight excluding hydrogens is 368 g/mol. The summed E-state index contributed by atoms with van der Waals surface area (Å²) in [6.07, 6.45) is 6.04. The Labute approximate surface area is 169 Å². The quantitative estimate of drug-likeness (QED) is 0.651. The fraction of sp³-hybridized carbons (Fsp3) is 0.476. The summed E-state index contributed by atoms with van der Waals surface area (Å²) in [6.45, 7) is 4.09. The van der Waals surface area contributed by atoms with E-state index in [2.05, 4.69) is 20.6 Å². The van der Waals surface area contributed by atoms with E-state index in [-0.39, 0.29) is 17.2 Å². The first kappa shape index (κ1) is 18.2. The van der Waals surface area contributed by atoms with Crippen LogP contribution in [0.1, 0.15) is 49.7 Å². The third-order valence-electron chi connectivity index (χ3n) is 5.91. The van der Waals surface area contributed by atoms with Crippen molar-refractivity contribution in [3.63, 3.8) is 0 Å². The molecule has 2 aliphatic heterocycles. The molecule has 2 saturated heterocycles. The zero-order chi connectivity index (χ0) is 20.2. The molecule has 4 aliphatic rings. The van der Waals surface area contributed by atoms with Gasteiger partial charge in [-0.25, -0.2) is 15.0 Å². The number of nitrogens with zero attached hydrogens (tertiary/aromatic N) is 3. The van der Waals surface area contributed by atoms with E-state index in [1.54, 1.807) is 12.3 Å². The van der Waals surface area contributed by atoms with Crippen molar-refractivity contribution in [1.29, 1.82) is 5.41 Å². The fourth-order valence-electron chi connectivity index (χ4n) is 4.19. The molecule has 1 amide bonds. The summed E-state index contributed by atoms with van der Waals surface area (Å²) in [6, 6.07) is 3.66. The molecule has 2 aromatic rings. The van der Waals surface area contributed by atoms with Crippen LogP contribution in [0, 0.1) is 18.3 Å². The minimum Gasteiger partial charge on any atom is -0.377 e. The lowest BCUT2D eigenvalue weighted by Gasteiger charge is -2.33. The Bertz CT molecular complexity index is 1000. The molecule has 29 heavy (non-hydrogen) atoms. The third kappa shape index (κ3) is 3.37. The molecule has 2 aromatic heterocycles. The van der Waals surface area contributed by atoms with Gasteiger partial charge in [-0.3, -0.25) is 4.79 Å². The second-order valence-electron chi connectivity index (χ2n) is 8.45. The van der Waals surface area contributed by atoms with Crippen LogP contribution in [0.15, 0.2) is 18.3 Å². The molecule has 150 valence electrons. The maximum Gasteiger partial charge on any atom is 0.222 e. The van der Waals surface area contributed by atoms with E-state index >= 15 is 0 Å². The van der Waals surface area contributed by atoms with Crippen molar-refractivity contribution in [2.75, 3.05) is 17.2 Å². The number of amides is 1. The van der Waals surface area contributed by atoms with Gasteiger partial charge in [0.2, 0.25) is 5.91 Å². The number of hydrogen-bond acceptors (Lipinski definition) is 7. The van der Waals surface area contributed by atoms with Crippen molar-refractivity contribution in [3.8, 4) is 0 Å². The van der Waals surface area contributed by atoms with E-state index in [1.165, 1.54) is 6.92 Å². The number of hydrogen-bond donors (Lipinski definition) is 3. The van der Waals surface area contributed by atoms with Gasteiger partial charge in [0, 0.05) is 48.1 Å². The van der Waals surface area contributed by atoms with Crippen LogP contribution >= 0.6 is 0 Å². The molecule has 4 fully saturated rings. The molecule has 2 aliphatic carbocycles. The van der Waals surface area contributed by atoms with Gasteiger partial charge in [-0.15, -0.1) is 0 Å². The Hall–Kier alpha value is -2.87. The van der Waals surface area contributed by atoms with Gasteiger partial charge in [-0.1, -0.05) is 0 Å². The highest BCUT2D eigenvalue weighted by molar-refractivity contribution is 6.06. The molecule has 2 saturated carbocycles. The number of anilines is 3. The molecule has 3 N–H and O–H groups in total. The van der Waals surface area contributed by atoms with Crippen LogP contribution in [0.25, 0.3) is 0 Å². The summed E-state index contributed by atoms with van der Waals surface area (Å²) in [4.78, 5) is 25.2.